The van der Waals surface area contributed by atoms with Crippen LogP contribution in [0.2, 0.25) is 0 Å². The lowest BCUT2D eigenvalue weighted by atomic mass is 9.91. The zero-order chi connectivity index (χ0) is 20.4. The molecule has 0 aromatic rings. The van der Waals surface area contributed by atoms with Gasteiger partial charge < -0.3 is 19.7 Å². The number of rotatable bonds is 12. The van der Waals surface area contributed by atoms with Gasteiger partial charge in [-0.25, -0.2) is 0 Å². The molecule has 0 aliphatic heterocycles. The van der Waals surface area contributed by atoms with Gasteiger partial charge in [0.15, 0.2) is 0 Å². The van der Waals surface area contributed by atoms with Crippen LogP contribution in [0, 0.1) is 11.8 Å². The van der Waals surface area contributed by atoms with Gasteiger partial charge >= 0.3 is 0 Å². The topological polar surface area (TPSA) is 79.0 Å². The Bertz CT molecular complexity index is 446. The van der Waals surface area contributed by atoms with Crippen LogP contribution in [0.1, 0.15) is 40.5 Å². The number of aldehydes is 1. The van der Waals surface area contributed by atoms with Crippen LogP contribution >= 0.6 is 0 Å². The number of nitrogens with zero attached hydrogens (tertiary/aromatic N) is 2. The number of likely N-dealkylation sites (N-methyl/N-ethyl adjacent to an activating group) is 2. The Kier molecular flexibility index (Phi) is 11.3. The van der Waals surface area contributed by atoms with Gasteiger partial charge in [0.2, 0.25) is 11.8 Å². The van der Waals surface area contributed by atoms with Gasteiger partial charge in [-0.15, -0.1) is 0 Å². The third-order valence-electron chi connectivity index (χ3n) is 4.95. The highest BCUT2D eigenvalue weighted by molar-refractivity contribution is 5.87. The molecule has 152 valence electrons. The smallest absolute Gasteiger partial charge is 0.242 e. The van der Waals surface area contributed by atoms with Crippen LogP contribution < -0.4 is 5.32 Å². The monoisotopic (exact) mass is 371 g/mol. The molecule has 26 heavy (non-hydrogen) atoms. The van der Waals surface area contributed by atoms with Gasteiger partial charge in [0.25, 0.3) is 0 Å². The molecule has 0 saturated carbocycles. The average Bonchev–Trinajstić information content (AvgIpc) is 2.57. The van der Waals surface area contributed by atoms with E-state index < -0.39 is 0 Å². The molecule has 1 N–H and O–H groups in total. The van der Waals surface area contributed by atoms with Crippen LogP contribution in [0.3, 0.4) is 0 Å². The molecule has 0 aromatic heterocycles. The molecule has 4 atom stereocenters. The number of amides is 2. The van der Waals surface area contributed by atoms with E-state index >= 15 is 0 Å². The van der Waals surface area contributed by atoms with Crippen molar-refractivity contribution >= 4 is 18.1 Å². The van der Waals surface area contributed by atoms with Crippen LogP contribution in [-0.2, 0) is 19.1 Å². The van der Waals surface area contributed by atoms with Crippen LogP contribution in [0.5, 0.6) is 0 Å². The molecule has 0 aliphatic rings. The van der Waals surface area contributed by atoms with Crippen molar-refractivity contribution in [3.63, 3.8) is 0 Å². The lowest BCUT2D eigenvalue weighted by Gasteiger charge is -2.37. The second kappa shape index (κ2) is 12.0. The van der Waals surface area contributed by atoms with Crippen molar-refractivity contribution in [2.24, 2.45) is 11.8 Å². The normalized spacial score (nSPS) is 16.1. The highest BCUT2D eigenvalue weighted by atomic mass is 16.5. The van der Waals surface area contributed by atoms with Crippen LogP contribution in [-0.4, -0.2) is 80.9 Å². The molecule has 0 spiro atoms. The Labute approximate surface area is 158 Å². The molecule has 0 fully saturated rings. The third kappa shape index (κ3) is 7.03. The highest BCUT2D eigenvalue weighted by Crippen LogP contribution is 2.21. The van der Waals surface area contributed by atoms with Gasteiger partial charge in [-0.3, -0.25) is 14.5 Å². The molecular weight excluding hydrogens is 334 g/mol. The molecule has 7 nitrogen and oxygen atoms in total. The van der Waals surface area contributed by atoms with E-state index in [2.05, 4.69) is 5.32 Å². The Morgan fingerprint density at radius 1 is 1.15 bits per heavy atom. The highest BCUT2D eigenvalue weighted by Gasteiger charge is 2.32. The van der Waals surface area contributed by atoms with E-state index in [4.69, 9.17) is 4.74 Å². The molecule has 0 aliphatic carbocycles. The summed E-state index contributed by atoms with van der Waals surface area (Å²) in [5.41, 5.74) is 0. The second-order valence-corrected chi connectivity index (χ2v) is 7.43. The van der Waals surface area contributed by atoms with E-state index in [0.29, 0.717) is 0 Å². The summed E-state index contributed by atoms with van der Waals surface area (Å²) in [6, 6.07) is -0.519. The molecule has 0 rings (SSSR count). The van der Waals surface area contributed by atoms with E-state index in [1.165, 1.54) is 0 Å². The minimum Gasteiger partial charge on any atom is -0.379 e. The summed E-state index contributed by atoms with van der Waals surface area (Å²) < 4.78 is 5.45. The first-order valence-electron chi connectivity index (χ1n) is 9.28. The molecule has 0 radical (unpaired) electrons. The van der Waals surface area contributed by atoms with Crippen molar-refractivity contribution in [1.82, 2.24) is 15.1 Å². The Morgan fingerprint density at radius 2 is 1.73 bits per heavy atom. The van der Waals surface area contributed by atoms with Gasteiger partial charge in [0.1, 0.15) is 6.29 Å². The summed E-state index contributed by atoms with van der Waals surface area (Å²) in [6.07, 6.45) is 1.53. The van der Waals surface area contributed by atoms with E-state index in [-0.39, 0.29) is 54.8 Å². The van der Waals surface area contributed by atoms with Gasteiger partial charge in [-0.2, -0.15) is 0 Å². The number of carbonyl (C=O) groups excluding carboxylic acids is 3. The summed E-state index contributed by atoms with van der Waals surface area (Å²) in [7, 11) is 6.95. The lowest BCUT2D eigenvalue weighted by Crippen LogP contribution is -2.53. The molecular formula is C19H37N3O4. The van der Waals surface area contributed by atoms with Crippen molar-refractivity contribution < 1.29 is 19.1 Å². The molecule has 1 unspecified atom stereocenters. The summed E-state index contributed by atoms with van der Waals surface area (Å²) in [5, 5.41) is 2.74. The second-order valence-electron chi connectivity index (χ2n) is 7.43. The molecule has 0 bridgehead atoms. The average molecular weight is 372 g/mol. The van der Waals surface area contributed by atoms with E-state index in [0.717, 1.165) is 12.7 Å². The minimum absolute atomic E-state index is 0.0726. The van der Waals surface area contributed by atoms with Crippen molar-refractivity contribution in [1.29, 1.82) is 0 Å². The standard InChI is InChI=1S/C19H37N3O4/c1-9-14(4)18(15(26-8)10-11-23)22(7)16(24)12-20-19(25)17(13(2)3)21(5)6/h11,13-15,17-18H,9-10,12H2,1-8H3,(H,20,25)/t14-,15+,17?,18-/m0/s1. The van der Waals surface area contributed by atoms with Crippen LogP contribution in [0.25, 0.3) is 0 Å². The fraction of sp³-hybridized carbons (Fsp3) is 0.842. The number of methoxy groups -OCH3 is 1. The molecule has 7 heteroatoms. The maximum absolute atomic E-state index is 12.6. The number of ether oxygens (including phenoxy) is 1. The quantitative estimate of drug-likeness (QED) is 0.521. The first kappa shape index (κ1) is 24.5. The van der Waals surface area contributed by atoms with Crippen molar-refractivity contribution in [3.8, 4) is 0 Å². The summed E-state index contributed by atoms with van der Waals surface area (Å²) in [4.78, 5) is 39.5. The summed E-state index contributed by atoms with van der Waals surface area (Å²) in [5.74, 6) is -0.0632. The molecule has 0 heterocycles. The lowest BCUT2D eigenvalue weighted by molar-refractivity contribution is -0.139. The summed E-state index contributed by atoms with van der Waals surface area (Å²) >= 11 is 0. The minimum atomic E-state index is -0.364. The number of hydrogen-bond acceptors (Lipinski definition) is 5. The summed E-state index contributed by atoms with van der Waals surface area (Å²) in [6.45, 7) is 7.94. The van der Waals surface area contributed by atoms with Gasteiger partial charge in [-0.1, -0.05) is 34.1 Å². The Morgan fingerprint density at radius 3 is 2.12 bits per heavy atom. The number of carbonyl (C=O) groups is 3. The van der Waals surface area contributed by atoms with Crippen molar-refractivity contribution in [2.45, 2.75) is 58.7 Å². The largest absolute Gasteiger partial charge is 0.379 e. The predicted octanol–water partition coefficient (Wildman–Crippen LogP) is 1.17. The third-order valence-corrected chi connectivity index (χ3v) is 4.95. The van der Waals surface area contributed by atoms with E-state index in [1.54, 1.807) is 19.1 Å². The number of nitrogens with one attached hydrogen (secondary N) is 1. The number of hydrogen-bond donors (Lipinski definition) is 1. The SMILES string of the molecule is CC[C@H](C)[C@@H]([C@@H](CC=O)OC)N(C)C(=O)CNC(=O)C(C(C)C)N(C)C. The van der Waals surface area contributed by atoms with E-state index in [9.17, 15) is 14.4 Å². The molecule has 2 amide bonds. The fourth-order valence-electron chi connectivity index (χ4n) is 3.40. The fourth-order valence-corrected chi connectivity index (χ4v) is 3.40. The van der Waals surface area contributed by atoms with Gasteiger partial charge in [0, 0.05) is 20.6 Å². The van der Waals surface area contributed by atoms with Crippen molar-refractivity contribution in [3.05, 3.63) is 0 Å². The molecule has 0 saturated heterocycles. The Hall–Kier alpha value is -1.47. The first-order valence-corrected chi connectivity index (χ1v) is 9.28. The maximum Gasteiger partial charge on any atom is 0.242 e. The zero-order valence-electron chi connectivity index (χ0n) is 17.6. The van der Waals surface area contributed by atoms with Crippen molar-refractivity contribution in [2.75, 3.05) is 34.8 Å². The van der Waals surface area contributed by atoms with Crippen LogP contribution in [0.4, 0.5) is 0 Å². The first-order chi connectivity index (χ1) is 12.1. The maximum atomic E-state index is 12.6. The van der Waals surface area contributed by atoms with Gasteiger partial charge in [-0.05, 0) is 25.9 Å². The van der Waals surface area contributed by atoms with E-state index in [1.807, 2.05) is 46.7 Å². The zero-order valence-corrected chi connectivity index (χ0v) is 17.6. The Balaban J connectivity index is 5.08. The molecule has 0 aromatic carbocycles. The van der Waals surface area contributed by atoms with Gasteiger partial charge in [0.05, 0.1) is 24.7 Å². The van der Waals surface area contributed by atoms with Crippen LogP contribution in [0.15, 0.2) is 0 Å². The predicted molar refractivity (Wildman–Crippen MR) is 103 cm³/mol.